The van der Waals surface area contributed by atoms with Gasteiger partial charge in [0.2, 0.25) is 11.8 Å². The van der Waals surface area contributed by atoms with Crippen LogP contribution in [0.25, 0.3) is 0 Å². The fourth-order valence-electron chi connectivity index (χ4n) is 1.86. The Morgan fingerprint density at radius 3 is 2.89 bits per heavy atom. The van der Waals surface area contributed by atoms with E-state index in [9.17, 15) is 14.0 Å². The smallest absolute Gasteiger partial charge is 0.249 e. The molecule has 1 aromatic rings. The molecule has 0 radical (unpaired) electrons. The van der Waals surface area contributed by atoms with Crippen molar-refractivity contribution in [1.29, 1.82) is 0 Å². The molecule has 1 atom stereocenters. The van der Waals surface area contributed by atoms with Gasteiger partial charge in [0.05, 0.1) is 5.69 Å². The van der Waals surface area contributed by atoms with E-state index in [4.69, 9.17) is 11.6 Å². The normalized spacial score (nSPS) is 20.6. The molecule has 1 saturated heterocycles. The van der Waals surface area contributed by atoms with Gasteiger partial charge in [0.1, 0.15) is 11.9 Å². The molecule has 0 aromatic heterocycles. The summed E-state index contributed by atoms with van der Waals surface area (Å²) in [4.78, 5) is 24.7. The van der Waals surface area contributed by atoms with E-state index in [2.05, 4.69) is 5.32 Å². The molecule has 1 aliphatic heterocycles. The van der Waals surface area contributed by atoms with E-state index in [1.165, 1.54) is 23.1 Å². The van der Waals surface area contributed by atoms with Crippen LogP contribution < -0.4 is 10.2 Å². The zero-order valence-corrected chi connectivity index (χ0v) is 10.5. The third-order valence-electron chi connectivity index (χ3n) is 2.78. The van der Waals surface area contributed by atoms with Crippen molar-refractivity contribution >= 4 is 29.1 Å². The van der Waals surface area contributed by atoms with Crippen LogP contribution in [0, 0.1) is 5.82 Å². The highest BCUT2D eigenvalue weighted by atomic mass is 35.5. The maximum Gasteiger partial charge on any atom is 0.249 e. The molecule has 6 heteroatoms. The minimum Gasteiger partial charge on any atom is -0.345 e. The van der Waals surface area contributed by atoms with Gasteiger partial charge in [-0.3, -0.25) is 9.59 Å². The summed E-state index contributed by atoms with van der Waals surface area (Å²) in [5, 5.41) is 2.88. The van der Waals surface area contributed by atoms with Crippen molar-refractivity contribution in [2.45, 2.75) is 19.4 Å². The lowest BCUT2D eigenvalue weighted by Crippen LogP contribution is -2.43. The first kappa shape index (κ1) is 12.8. The second-order valence-corrected chi connectivity index (χ2v) is 4.56. The quantitative estimate of drug-likeness (QED) is 0.845. The van der Waals surface area contributed by atoms with Gasteiger partial charge in [0.15, 0.2) is 0 Å². The second-order valence-electron chi connectivity index (χ2n) is 4.12. The monoisotopic (exact) mass is 270 g/mol. The minimum absolute atomic E-state index is 0.107. The highest BCUT2D eigenvalue weighted by Crippen LogP contribution is 2.25. The van der Waals surface area contributed by atoms with Crippen molar-refractivity contribution in [1.82, 2.24) is 5.32 Å². The van der Waals surface area contributed by atoms with Gasteiger partial charge in [-0.05, 0) is 25.1 Å². The Balaban J connectivity index is 2.38. The van der Waals surface area contributed by atoms with E-state index < -0.39 is 11.9 Å². The molecule has 0 aliphatic carbocycles. The number of hydrogen-bond donors (Lipinski definition) is 1. The standard InChI is InChI=1S/C12H12ClFN2O2/c1-7-12(18)16(5-4-11(17)15-7)10-6-8(13)2-3-9(10)14/h2-3,6-7H,4-5H2,1H3,(H,15,17). The molecule has 2 rings (SSSR count). The molecule has 1 aromatic carbocycles. The molecule has 1 heterocycles. The Morgan fingerprint density at radius 1 is 1.44 bits per heavy atom. The Kier molecular flexibility index (Phi) is 3.52. The molecule has 2 amide bonds. The second kappa shape index (κ2) is 4.94. The van der Waals surface area contributed by atoms with Crippen LogP contribution in [0.5, 0.6) is 0 Å². The van der Waals surface area contributed by atoms with Crippen LogP contribution in [0.2, 0.25) is 5.02 Å². The van der Waals surface area contributed by atoms with Crippen molar-refractivity contribution in [3.8, 4) is 0 Å². The summed E-state index contributed by atoms with van der Waals surface area (Å²) in [6.07, 6.45) is 0.141. The van der Waals surface area contributed by atoms with Crippen molar-refractivity contribution < 1.29 is 14.0 Å². The highest BCUT2D eigenvalue weighted by molar-refractivity contribution is 6.31. The summed E-state index contributed by atoms with van der Waals surface area (Å²) in [6, 6.07) is 3.33. The number of carbonyl (C=O) groups excluding carboxylic acids is 2. The highest BCUT2D eigenvalue weighted by Gasteiger charge is 2.29. The van der Waals surface area contributed by atoms with Gasteiger partial charge in [-0.15, -0.1) is 0 Å². The predicted octanol–water partition coefficient (Wildman–Crippen LogP) is 1.72. The fourth-order valence-corrected chi connectivity index (χ4v) is 2.03. The van der Waals surface area contributed by atoms with Crippen LogP contribution >= 0.6 is 11.6 Å². The average Bonchev–Trinajstić information content (AvgIpc) is 2.44. The van der Waals surface area contributed by atoms with Crippen LogP contribution in [-0.4, -0.2) is 24.4 Å². The topological polar surface area (TPSA) is 49.4 Å². The number of nitrogens with zero attached hydrogens (tertiary/aromatic N) is 1. The largest absolute Gasteiger partial charge is 0.345 e. The third kappa shape index (κ3) is 2.46. The van der Waals surface area contributed by atoms with Gasteiger partial charge in [0.25, 0.3) is 0 Å². The van der Waals surface area contributed by atoms with Crippen LogP contribution in [0.1, 0.15) is 13.3 Å². The first-order chi connectivity index (χ1) is 8.49. The molecular formula is C12H12ClFN2O2. The van der Waals surface area contributed by atoms with E-state index in [0.717, 1.165) is 0 Å². The number of halogens is 2. The van der Waals surface area contributed by atoms with Crippen LogP contribution in [0.15, 0.2) is 18.2 Å². The summed E-state index contributed by atoms with van der Waals surface area (Å²) in [5.74, 6) is -1.10. The lowest BCUT2D eigenvalue weighted by atomic mass is 10.2. The summed E-state index contributed by atoms with van der Waals surface area (Å²) in [7, 11) is 0. The van der Waals surface area contributed by atoms with Crippen LogP contribution in [0.4, 0.5) is 10.1 Å². The summed E-state index contributed by atoms with van der Waals surface area (Å²) in [5.41, 5.74) is 0.107. The number of rotatable bonds is 1. The number of amides is 2. The molecule has 1 aliphatic rings. The Morgan fingerprint density at radius 2 is 2.17 bits per heavy atom. The third-order valence-corrected chi connectivity index (χ3v) is 3.01. The average molecular weight is 271 g/mol. The molecule has 1 N–H and O–H groups in total. The van der Waals surface area contributed by atoms with E-state index >= 15 is 0 Å². The summed E-state index contributed by atoms with van der Waals surface area (Å²) < 4.78 is 13.7. The molecule has 18 heavy (non-hydrogen) atoms. The van der Waals surface area contributed by atoms with Gasteiger partial charge in [-0.2, -0.15) is 0 Å². The van der Waals surface area contributed by atoms with Crippen LogP contribution in [-0.2, 0) is 9.59 Å². The van der Waals surface area contributed by atoms with Gasteiger partial charge in [0, 0.05) is 18.0 Å². The number of nitrogens with one attached hydrogen (secondary N) is 1. The number of carbonyl (C=O) groups is 2. The van der Waals surface area contributed by atoms with Crippen molar-refractivity contribution in [2.24, 2.45) is 0 Å². The predicted molar refractivity (Wildman–Crippen MR) is 66.0 cm³/mol. The van der Waals surface area contributed by atoms with Crippen molar-refractivity contribution in [3.63, 3.8) is 0 Å². The maximum atomic E-state index is 13.7. The Labute approximate surface area is 109 Å². The molecule has 1 unspecified atom stereocenters. The summed E-state index contributed by atoms with van der Waals surface area (Å²) in [6.45, 7) is 1.72. The number of anilines is 1. The molecule has 0 spiro atoms. The Hall–Kier alpha value is -1.62. The molecule has 4 nitrogen and oxygen atoms in total. The lowest BCUT2D eigenvalue weighted by Gasteiger charge is -2.22. The molecule has 0 bridgehead atoms. The van der Waals surface area contributed by atoms with E-state index in [-0.39, 0.29) is 30.5 Å². The van der Waals surface area contributed by atoms with E-state index in [0.29, 0.717) is 5.02 Å². The van der Waals surface area contributed by atoms with E-state index in [1.807, 2.05) is 0 Å². The van der Waals surface area contributed by atoms with Gasteiger partial charge < -0.3 is 10.2 Å². The SMILES string of the molecule is CC1NC(=O)CCN(c2cc(Cl)ccc2F)C1=O. The number of hydrogen-bond acceptors (Lipinski definition) is 2. The molecule has 96 valence electrons. The summed E-state index contributed by atoms with van der Waals surface area (Å²) >= 11 is 5.80. The molecule has 0 saturated carbocycles. The maximum absolute atomic E-state index is 13.7. The Bertz CT molecular complexity index is 507. The zero-order chi connectivity index (χ0) is 13.3. The van der Waals surface area contributed by atoms with Gasteiger partial charge in [-0.25, -0.2) is 4.39 Å². The number of benzene rings is 1. The van der Waals surface area contributed by atoms with Gasteiger partial charge in [-0.1, -0.05) is 11.6 Å². The molecule has 1 fully saturated rings. The first-order valence-corrected chi connectivity index (χ1v) is 5.92. The fraction of sp³-hybridized carbons (Fsp3) is 0.333. The van der Waals surface area contributed by atoms with E-state index in [1.54, 1.807) is 6.92 Å². The lowest BCUT2D eigenvalue weighted by molar-refractivity contribution is -0.125. The van der Waals surface area contributed by atoms with Crippen molar-refractivity contribution in [3.05, 3.63) is 29.0 Å². The van der Waals surface area contributed by atoms with Crippen LogP contribution in [0.3, 0.4) is 0 Å². The van der Waals surface area contributed by atoms with Crippen molar-refractivity contribution in [2.75, 3.05) is 11.4 Å². The minimum atomic E-state index is -0.668. The van der Waals surface area contributed by atoms with Gasteiger partial charge >= 0.3 is 0 Å². The molecular weight excluding hydrogens is 259 g/mol. The first-order valence-electron chi connectivity index (χ1n) is 5.55. The zero-order valence-electron chi connectivity index (χ0n) is 9.74.